The first-order chi connectivity index (χ1) is 10.7. The van der Waals surface area contributed by atoms with E-state index < -0.39 is 0 Å². The Morgan fingerprint density at radius 3 is 2.73 bits per heavy atom. The third-order valence-electron chi connectivity index (χ3n) is 3.60. The predicted molar refractivity (Wildman–Crippen MR) is 86.7 cm³/mol. The molecule has 1 aromatic carbocycles. The number of thiazole rings is 1. The Labute approximate surface area is 133 Å². The molecule has 0 atom stereocenters. The molecule has 0 unspecified atom stereocenters. The van der Waals surface area contributed by atoms with E-state index in [9.17, 15) is 9.59 Å². The zero-order valence-corrected chi connectivity index (χ0v) is 13.1. The van der Waals surface area contributed by atoms with Crippen molar-refractivity contribution >= 4 is 33.4 Å². The highest BCUT2D eigenvalue weighted by atomic mass is 32.1. The fraction of sp³-hybridized carbons (Fsp3) is 0.438. The van der Waals surface area contributed by atoms with Gasteiger partial charge < -0.3 is 10.6 Å². The molecule has 6 heteroatoms. The number of para-hydroxylation sites is 1. The SMILES string of the molecule is O=C(CCc1nc2ccccc2s1)NCCNC(=O)C1CC1. The van der Waals surface area contributed by atoms with Crippen LogP contribution in [0.3, 0.4) is 0 Å². The summed E-state index contributed by atoms with van der Waals surface area (Å²) in [6, 6.07) is 7.98. The van der Waals surface area contributed by atoms with Gasteiger partial charge in [0.2, 0.25) is 11.8 Å². The lowest BCUT2D eigenvalue weighted by atomic mass is 10.3. The summed E-state index contributed by atoms with van der Waals surface area (Å²) in [6.45, 7) is 0.985. The van der Waals surface area contributed by atoms with E-state index in [-0.39, 0.29) is 17.7 Å². The van der Waals surface area contributed by atoms with Crippen molar-refractivity contribution in [3.8, 4) is 0 Å². The lowest BCUT2D eigenvalue weighted by Gasteiger charge is -2.06. The molecular formula is C16H19N3O2S. The number of aryl methyl sites for hydroxylation is 1. The van der Waals surface area contributed by atoms with Gasteiger partial charge in [-0.15, -0.1) is 11.3 Å². The topological polar surface area (TPSA) is 71.1 Å². The Kier molecular flexibility index (Phi) is 4.68. The van der Waals surface area contributed by atoms with E-state index in [1.54, 1.807) is 11.3 Å². The van der Waals surface area contributed by atoms with Crippen molar-refractivity contribution in [2.45, 2.75) is 25.7 Å². The van der Waals surface area contributed by atoms with Crippen LogP contribution in [0.4, 0.5) is 0 Å². The number of carbonyl (C=O) groups is 2. The smallest absolute Gasteiger partial charge is 0.223 e. The number of nitrogens with one attached hydrogen (secondary N) is 2. The number of hydrogen-bond donors (Lipinski definition) is 2. The van der Waals surface area contributed by atoms with Gasteiger partial charge in [-0.2, -0.15) is 0 Å². The van der Waals surface area contributed by atoms with Gasteiger partial charge in [0.25, 0.3) is 0 Å². The second-order valence-corrected chi connectivity index (χ2v) is 6.61. The predicted octanol–water partition coefficient (Wildman–Crippen LogP) is 1.87. The van der Waals surface area contributed by atoms with Gasteiger partial charge in [-0.25, -0.2) is 4.98 Å². The average molecular weight is 317 g/mol. The third kappa shape index (κ3) is 4.04. The summed E-state index contributed by atoms with van der Waals surface area (Å²) in [7, 11) is 0. The Bertz CT molecular complexity index is 646. The molecular weight excluding hydrogens is 298 g/mol. The van der Waals surface area contributed by atoms with Crippen LogP contribution < -0.4 is 10.6 Å². The Balaban J connectivity index is 1.35. The van der Waals surface area contributed by atoms with Gasteiger partial charge in [0.15, 0.2) is 0 Å². The number of benzene rings is 1. The normalized spacial score (nSPS) is 14.0. The van der Waals surface area contributed by atoms with Gasteiger partial charge in [-0.05, 0) is 25.0 Å². The molecule has 0 spiro atoms. The quantitative estimate of drug-likeness (QED) is 0.766. The fourth-order valence-electron chi connectivity index (χ4n) is 2.21. The number of aromatic nitrogens is 1. The monoisotopic (exact) mass is 317 g/mol. The average Bonchev–Trinajstić information content (AvgIpc) is 3.29. The molecule has 1 fully saturated rings. The highest BCUT2D eigenvalue weighted by molar-refractivity contribution is 7.18. The highest BCUT2D eigenvalue weighted by Gasteiger charge is 2.28. The summed E-state index contributed by atoms with van der Waals surface area (Å²) in [4.78, 5) is 27.7. The molecule has 1 saturated carbocycles. The number of amides is 2. The Morgan fingerprint density at radius 2 is 1.95 bits per heavy atom. The molecule has 5 nitrogen and oxygen atoms in total. The molecule has 0 aliphatic heterocycles. The van der Waals surface area contributed by atoms with Crippen LogP contribution in [-0.2, 0) is 16.0 Å². The van der Waals surface area contributed by atoms with Crippen molar-refractivity contribution < 1.29 is 9.59 Å². The molecule has 22 heavy (non-hydrogen) atoms. The van der Waals surface area contributed by atoms with Crippen LogP contribution in [0.1, 0.15) is 24.3 Å². The first-order valence-corrected chi connectivity index (χ1v) is 8.43. The van der Waals surface area contributed by atoms with Crippen LogP contribution in [-0.4, -0.2) is 29.9 Å². The van der Waals surface area contributed by atoms with Crippen molar-refractivity contribution in [1.82, 2.24) is 15.6 Å². The zero-order chi connectivity index (χ0) is 15.4. The summed E-state index contributed by atoms with van der Waals surface area (Å²) in [6.07, 6.45) is 3.08. The second kappa shape index (κ2) is 6.87. The summed E-state index contributed by atoms with van der Waals surface area (Å²) >= 11 is 1.63. The van der Waals surface area contributed by atoms with E-state index in [2.05, 4.69) is 15.6 Å². The van der Waals surface area contributed by atoms with Gasteiger partial charge in [0.05, 0.1) is 15.2 Å². The summed E-state index contributed by atoms with van der Waals surface area (Å²) in [5.41, 5.74) is 0.991. The van der Waals surface area contributed by atoms with Gasteiger partial charge in [-0.1, -0.05) is 12.1 Å². The van der Waals surface area contributed by atoms with E-state index in [4.69, 9.17) is 0 Å². The number of fused-ring (bicyclic) bond motifs is 1. The van der Waals surface area contributed by atoms with E-state index in [1.165, 1.54) is 0 Å². The molecule has 3 rings (SSSR count). The first-order valence-electron chi connectivity index (χ1n) is 7.61. The maximum Gasteiger partial charge on any atom is 0.223 e. The number of hydrogen-bond acceptors (Lipinski definition) is 4. The molecule has 1 heterocycles. The maximum atomic E-state index is 11.8. The van der Waals surface area contributed by atoms with Gasteiger partial charge >= 0.3 is 0 Å². The zero-order valence-electron chi connectivity index (χ0n) is 12.3. The van der Waals surface area contributed by atoms with Crippen molar-refractivity contribution in [2.75, 3.05) is 13.1 Å². The standard InChI is InChI=1S/C16H19N3O2S/c20-14(17-9-10-18-16(21)11-5-6-11)7-8-15-19-12-3-1-2-4-13(12)22-15/h1-4,11H,5-10H2,(H,17,20)(H,18,21). The van der Waals surface area contributed by atoms with Crippen molar-refractivity contribution in [3.05, 3.63) is 29.3 Å². The van der Waals surface area contributed by atoms with E-state index in [0.29, 0.717) is 25.9 Å². The molecule has 1 aromatic heterocycles. The van der Waals surface area contributed by atoms with Gasteiger partial charge in [-0.3, -0.25) is 9.59 Å². The Morgan fingerprint density at radius 1 is 1.18 bits per heavy atom. The molecule has 0 radical (unpaired) electrons. The van der Waals surface area contributed by atoms with E-state index >= 15 is 0 Å². The van der Waals surface area contributed by atoms with E-state index in [1.807, 2.05) is 24.3 Å². The lowest BCUT2D eigenvalue weighted by molar-refractivity contribution is -0.123. The Hall–Kier alpha value is -1.95. The minimum absolute atomic E-state index is 0.0000676. The van der Waals surface area contributed by atoms with Crippen LogP contribution in [0.15, 0.2) is 24.3 Å². The molecule has 116 valence electrons. The molecule has 1 aliphatic rings. The van der Waals surface area contributed by atoms with Crippen LogP contribution in [0.25, 0.3) is 10.2 Å². The number of rotatable bonds is 7. The lowest BCUT2D eigenvalue weighted by Crippen LogP contribution is -2.35. The highest BCUT2D eigenvalue weighted by Crippen LogP contribution is 2.28. The van der Waals surface area contributed by atoms with Gasteiger partial charge in [0, 0.05) is 31.8 Å². The molecule has 2 amide bonds. The van der Waals surface area contributed by atoms with Crippen molar-refractivity contribution in [2.24, 2.45) is 5.92 Å². The van der Waals surface area contributed by atoms with Crippen LogP contribution in [0, 0.1) is 5.92 Å². The summed E-state index contributed by atoms with van der Waals surface area (Å²) in [5, 5.41) is 6.64. The molecule has 2 N–H and O–H groups in total. The molecule has 1 aliphatic carbocycles. The summed E-state index contributed by atoms with van der Waals surface area (Å²) < 4.78 is 1.15. The second-order valence-electron chi connectivity index (χ2n) is 5.49. The largest absolute Gasteiger partial charge is 0.354 e. The van der Waals surface area contributed by atoms with E-state index in [0.717, 1.165) is 28.1 Å². The number of nitrogens with zero attached hydrogens (tertiary/aromatic N) is 1. The van der Waals surface area contributed by atoms with Crippen molar-refractivity contribution in [1.29, 1.82) is 0 Å². The molecule has 0 saturated heterocycles. The fourth-order valence-corrected chi connectivity index (χ4v) is 3.18. The van der Waals surface area contributed by atoms with Crippen LogP contribution in [0.5, 0.6) is 0 Å². The first kappa shape index (κ1) is 15.0. The van der Waals surface area contributed by atoms with Crippen LogP contribution in [0.2, 0.25) is 0 Å². The maximum absolute atomic E-state index is 11.8. The minimum Gasteiger partial charge on any atom is -0.354 e. The third-order valence-corrected chi connectivity index (χ3v) is 4.69. The van der Waals surface area contributed by atoms with Crippen LogP contribution >= 0.6 is 11.3 Å². The molecule has 0 bridgehead atoms. The van der Waals surface area contributed by atoms with Gasteiger partial charge in [0.1, 0.15) is 0 Å². The summed E-state index contributed by atoms with van der Waals surface area (Å²) in [5.74, 6) is 0.332. The molecule has 2 aromatic rings. The minimum atomic E-state index is -0.0000676. The number of carbonyl (C=O) groups excluding carboxylic acids is 2. The van der Waals surface area contributed by atoms with Crippen molar-refractivity contribution in [3.63, 3.8) is 0 Å².